The number of aromatic nitrogens is 2. The van der Waals surface area contributed by atoms with Gasteiger partial charge in [0.05, 0.1) is 36.3 Å². The van der Waals surface area contributed by atoms with Gasteiger partial charge in [0.25, 0.3) is 0 Å². The van der Waals surface area contributed by atoms with E-state index in [1.54, 1.807) is 24.5 Å². The second kappa shape index (κ2) is 7.03. The highest BCUT2D eigenvalue weighted by Crippen LogP contribution is 2.27. The van der Waals surface area contributed by atoms with Crippen molar-refractivity contribution in [2.75, 3.05) is 23.5 Å². The zero-order valence-electron chi connectivity index (χ0n) is 15.4. The third-order valence-electron chi connectivity index (χ3n) is 4.88. The van der Waals surface area contributed by atoms with Crippen molar-refractivity contribution >= 4 is 33.9 Å². The molecule has 6 nitrogen and oxygen atoms in total. The van der Waals surface area contributed by atoms with Crippen LogP contribution in [0, 0.1) is 5.82 Å². The van der Waals surface area contributed by atoms with Crippen molar-refractivity contribution in [1.29, 1.82) is 0 Å². The molecule has 5 rings (SSSR count). The summed E-state index contributed by atoms with van der Waals surface area (Å²) in [6.07, 6.45) is 3.25. The monoisotopic (exact) mass is 388 g/mol. The maximum absolute atomic E-state index is 14.0. The van der Waals surface area contributed by atoms with E-state index < -0.39 is 5.82 Å². The maximum atomic E-state index is 14.0. The molecule has 0 bridgehead atoms. The Kier molecular flexibility index (Phi) is 4.22. The molecule has 0 atom stereocenters. The number of fused-ring (bicyclic) bond motifs is 1. The number of pyridine rings is 1. The van der Waals surface area contributed by atoms with Gasteiger partial charge < -0.3 is 10.3 Å². The Morgan fingerprint density at radius 2 is 1.90 bits per heavy atom. The highest BCUT2D eigenvalue weighted by Gasteiger charge is 2.18. The van der Waals surface area contributed by atoms with Gasteiger partial charge in [-0.05, 0) is 42.5 Å². The smallest absolute Gasteiger partial charge is 0.198 e. The van der Waals surface area contributed by atoms with Crippen molar-refractivity contribution in [3.63, 3.8) is 0 Å². The Balaban J connectivity index is 1.43. The fourth-order valence-corrected chi connectivity index (χ4v) is 3.31. The van der Waals surface area contributed by atoms with Crippen LogP contribution in [0.2, 0.25) is 0 Å². The summed E-state index contributed by atoms with van der Waals surface area (Å²) in [4.78, 5) is 25.5. The Bertz CT molecular complexity index is 1200. The van der Waals surface area contributed by atoms with Crippen LogP contribution in [-0.2, 0) is 4.84 Å². The fraction of sp³-hybridized carbons (Fsp3) is 0.0909. The Labute approximate surface area is 165 Å². The SMILES string of the molecule is O=C(c1ccccc1F)c1c[nH]c2ncc(Nc3ccc(N4CCO4)cc3)cc12. The molecule has 1 aliphatic rings. The summed E-state index contributed by atoms with van der Waals surface area (Å²) in [5, 5.41) is 5.75. The van der Waals surface area contributed by atoms with Crippen LogP contribution in [0.15, 0.2) is 67.0 Å². The van der Waals surface area contributed by atoms with Gasteiger partial charge in [0, 0.05) is 22.8 Å². The first-order valence-corrected chi connectivity index (χ1v) is 9.23. The predicted octanol–water partition coefficient (Wildman–Crippen LogP) is 4.43. The average Bonchev–Trinajstić information content (AvgIpc) is 3.11. The summed E-state index contributed by atoms with van der Waals surface area (Å²) in [6, 6.07) is 15.6. The predicted molar refractivity (Wildman–Crippen MR) is 109 cm³/mol. The number of aromatic amines is 1. The molecule has 2 aromatic carbocycles. The molecule has 0 aliphatic carbocycles. The number of hydrogen-bond acceptors (Lipinski definition) is 5. The van der Waals surface area contributed by atoms with Crippen molar-refractivity contribution < 1.29 is 14.0 Å². The summed E-state index contributed by atoms with van der Waals surface area (Å²) >= 11 is 0. The van der Waals surface area contributed by atoms with E-state index in [0.717, 1.165) is 30.2 Å². The number of ketones is 1. The molecule has 7 heteroatoms. The van der Waals surface area contributed by atoms with E-state index in [2.05, 4.69) is 15.3 Å². The molecule has 0 unspecified atom stereocenters. The van der Waals surface area contributed by atoms with Crippen molar-refractivity contribution in [3.8, 4) is 0 Å². The second-order valence-corrected chi connectivity index (χ2v) is 6.74. The van der Waals surface area contributed by atoms with Crippen molar-refractivity contribution in [1.82, 2.24) is 9.97 Å². The Morgan fingerprint density at radius 1 is 1.10 bits per heavy atom. The van der Waals surface area contributed by atoms with E-state index in [-0.39, 0.29) is 11.3 Å². The summed E-state index contributed by atoms with van der Waals surface area (Å²) < 4.78 is 14.0. The highest BCUT2D eigenvalue weighted by molar-refractivity contribution is 6.16. The number of anilines is 3. The van der Waals surface area contributed by atoms with Crippen LogP contribution >= 0.6 is 0 Å². The average molecular weight is 388 g/mol. The lowest BCUT2D eigenvalue weighted by Gasteiger charge is -2.31. The van der Waals surface area contributed by atoms with Crippen LogP contribution in [-0.4, -0.2) is 28.9 Å². The minimum atomic E-state index is -0.541. The molecule has 29 heavy (non-hydrogen) atoms. The summed E-state index contributed by atoms with van der Waals surface area (Å²) in [5.74, 6) is -0.924. The minimum absolute atomic E-state index is 0.0376. The van der Waals surface area contributed by atoms with Gasteiger partial charge in [-0.1, -0.05) is 12.1 Å². The molecule has 0 amide bonds. The van der Waals surface area contributed by atoms with E-state index in [1.165, 1.54) is 12.1 Å². The van der Waals surface area contributed by atoms with E-state index in [4.69, 9.17) is 4.84 Å². The summed E-state index contributed by atoms with van der Waals surface area (Å²) in [6.45, 7) is 1.63. The highest BCUT2D eigenvalue weighted by atomic mass is 19.1. The normalized spacial score (nSPS) is 13.3. The van der Waals surface area contributed by atoms with Crippen molar-refractivity contribution in [2.45, 2.75) is 0 Å². The van der Waals surface area contributed by atoms with Crippen molar-refractivity contribution in [2.24, 2.45) is 0 Å². The quantitative estimate of drug-likeness (QED) is 0.495. The van der Waals surface area contributed by atoms with E-state index in [0.29, 0.717) is 16.6 Å². The lowest BCUT2D eigenvalue weighted by atomic mass is 10.0. The number of nitrogens with one attached hydrogen (secondary N) is 2. The number of hydroxylamine groups is 1. The molecule has 2 N–H and O–H groups in total. The molecular weight excluding hydrogens is 371 g/mol. The first kappa shape index (κ1) is 17.4. The molecule has 1 aliphatic heterocycles. The zero-order chi connectivity index (χ0) is 19.8. The van der Waals surface area contributed by atoms with Gasteiger partial charge in [0.1, 0.15) is 11.5 Å². The third-order valence-corrected chi connectivity index (χ3v) is 4.88. The van der Waals surface area contributed by atoms with Gasteiger partial charge in [-0.25, -0.2) is 9.37 Å². The van der Waals surface area contributed by atoms with E-state index in [1.807, 2.05) is 35.4 Å². The largest absolute Gasteiger partial charge is 0.354 e. The lowest BCUT2D eigenvalue weighted by Crippen LogP contribution is -2.39. The molecule has 0 radical (unpaired) electrons. The maximum Gasteiger partial charge on any atom is 0.198 e. The first-order valence-electron chi connectivity index (χ1n) is 9.23. The lowest BCUT2D eigenvalue weighted by molar-refractivity contribution is 0.0254. The molecule has 2 aromatic heterocycles. The number of hydrogen-bond donors (Lipinski definition) is 2. The number of halogens is 1. The molecular formula is C22H17FN4O2. The molecule has 4 aromatic rings. The number of H-pyrrole nitrogens is 1. The fourth-order valence-electron chi connectivity index (χ4n) is 3.31. The van der Waals surface area contributed by atoms with Crippen molar-refractivity contribution in [3.05, 3.63) is 83.9 Å². The van der Waals surface area contributed by atoms with Crippen LogP contribution in [0.1, 0.15) is 15.9 Å². The molecule has 144 valence electrons. The number of rotatable bonds is 5. The molecule has 1 saturated heterocycles. The topological polar surface area (TPSA) is 70.2 Å². The molecule has 3 heterocycles. The van der Waals surface area contributed by atoms with E-state index >= 15 is 0 Å². The minimum Gasteiger partial charge on any atom is -0.354 e. The zero-order valence-corrected chi connectivity index (χ0v) is 15.4. The third kappa shape index (κ3) is 3.21. The molecule has 0 saturated carbocycles. The number of carbonyl (C=O) groups is 1. The number of benzene rings is 2. The number of nitrogens with zero attached hydrogens (tertiary/aromatic N) is 2. The van der Waals surface area contributed by atoms with Crippen LogP contribution in [0.5, 0.6) is 0 Å². The standard InChI is InChI=1S/C22H17FN4O2/c23-20-4-2-1-3-17(20)21(28)19-13-25-22-18(19)11-15(12-24-22)26-14-5-7-16(8-6-14)27-9-10-29-27/h1-8,11-13,26H,9-10H2,(H,24,25). The molecule has 1 fully saturated rings. The van der Waals surface area contributed by atoms with Crippen LogP contribution in [0.3, 0.4) is 0 Å². The van der Waals surface area contributed by atoms with E-state index in [9.17, 15) is 9.18 Å². The Hall–Kier alpha value is -3.71. The van der Waals surface area contributed by atoms with Crippen LogP contribution in [0.25, 0.3) is 11.0 Å². The first-order chi connectivity index (χ1) is 14.2. The van der Waals surface area contributed by atoms with Gasteiger partial charge >= 0.3 is 0 Å². The van der Waals surface area contributed by atoms with Gasteiger partial charge in [-0.15, -0.1) is 0 Å². The number of carbonyl (C=O) groups excluding carboxylic acids is 1. The second-order valence-electron chi connectivity index (χ2n) is 6.74. The molecule has 0 spiro atoms. The Morgan fingerprint density at radius 3 is 2.62 bits per heavy atom. The summed E-state index contributed by atoms with van der Waals surface area (Å²) in [7, 11) is 0. The van der Waals surface area contributed by atoms with Gasteiger partial charge in [-0.2, -0.15) is 0 Å². The van der Waals surface area contributed by atoms with Gasteiger partial charge in [-0.3, -0.25) is 14.7 Å². The van der Waals surface area contributed by atoms with Gasteiger partial charge in [0.15, 0.2) is 5.78 Å². The van der Waals surface area contributed by atoms with Crippen LogP contribution in [0.4, 0.5) is 21.5 Å². The van der Waals surface area contributed by atoms with Gasteiger partial charge in [0.2, 0.25) is 0 Å². The summed E-state index contributed by atoms with van der Waals surface area (Å²) in [5.41, 5.74) is 3.60. The van der Waals surface area contributed by atoms with Crippen LogP contribution < -0.4 is 10.4 Å².